The fourth-order valence-corrected chi connectivity index (χ4v) is 3.59. The number of benzene rings is 1. The van der Waals surface area contributed by atoms with Crippen molar-refractivity contribution in [2.24, 2.45) is 5.92 Å². The zero-order valence-electron chi connectivity index (χ0n) is 11.6. The highest BCUT2D eigenvalue weighted by Gasteiger charge is 2.51. The van der Waals surface area contributed by atoms with E-state index in [-0.39, 0.29) is 17.7 Å². The predicted octanol–water partition coefficient (Wildman–Crippen LogP) is 2.79. The van der Waals surface area contributed by atoms with Gasteiger partial charge in [-0.25, -0.2) is 0 Å². The minimum Gasteiger partial charge on any atom is -0.493 e. The van der Waals surface area contributed by atoms with Gasteiger partial charge in [0, 0.05) is 16.5 Å². The second-order valence-electron chi connectivity index (χ2n) is 5.34. The molecule has 1 aromatic carbocycles. The van der Waals surface area contributed by atoms with Crippen LogP contribution in [0.1, 0.15) is 18.4 Å². The molecule has 1 aromatic rings. The lowest BCUT2D eigenvalue weighted by Crippen LogP contribution is -2.45. The molecule has 0 spiro atoms. The summed E-state index contributed by atoms with van der Waals surface area (Å²) >= 11 is 3.42. The van der Waals surface area contributed by atoms with Crippen LogP contribution in [0, 0.1) is 5.92 Å². The summed E-state index contributed by atoms with van der Waals surface area (Å²) in [7, 11) is 1.38. The first-order valence-corrected chi connectivity index (χ1v) is 7.60. The number of ether oxygens (including phenoxy) is 2. The molecule has 2 atom stereocenters. The van der Waals surface area contributed by atoms with E-state index in [4.69, 9.17) is 9.47 Å². The van der Waals surface area contributed by atoms with Crippen LogP contribution < -0.4 is 4.74 Å². The molecule has 0 fully saturated rings. The summed E-state index contributed by atoms with van der Waals surface area (Å²) in [5, 5.41) is 0. The van der Waals surface area contributed by atoms with E-state index in [0.29, 0.717) is 25.2 Å². The number of esters is 1. The summed E-state index contributed by atoms with van der Waals surface area (Å²) in [6.07, 6.45) is 4.16. The number of methoxy groups -OCH3 is 1. The highest BCUT2D eigenvalue weighted by molar-refractivity contribution is 9.10. The molecule has 0 aromatic heterocycles. The second kappa shape index (κ2) is 5.30. The number of fused-ring (bicyclic) bond motifs is 3. The van der Waals surface area contributed by atoms with Crippen molar-refractivity contribution in [2.75, 3.05) is 13.7 Å². The molecule has 0 N–H and O–H groups in total. The molecule has 4 nitrogen and oxygen atoms in total. The summed E-state index contributed by atoms with van der Waals surface area (Å²) in [6.45, 7) is 0.480. The molecule has 1 aliphatic carbocycles. The van der Waals surface area contributed by atoms with Gasteiger partial charge < -0.3 is 9.47 Å². The first-order valence-electron chi connectivity index (χ1n) is 6.81. The van der Waals surface area contributed by atoms with Gasteiger partial charge in [0.1, 0.15) is 11.2 Å². The van der Waals surface area contributed by atoms with Crippen LogP contribution in [-0.2, 0) is 19.7 Å². The van der Waals surface area contributed by atoms with Crippen LogP contribution in [0.3, 0.4) is 0 Å². The molecule has 0 radical (unpaired) electrons. The van der Waals surface area contributed by atoms with E-state index in [1.807, 2.05) is 18.2 Å². The van der Waals surface area contributed by atoms with Gasteiger partial charge in [-0.15, -0.1) is 0 Å². The molecular formula is C16H15BrO4. The van der Waals surface area contributed by atoms with E-state index in [2.05, 4.69) is 15.9 Å². The number of halogens is 1. The van der Waals surface area contributed by atoms with Crippen LogP contribution in [0.15, 0.2) is 34.8 Å². The van der Waals surface area contributed by atoms with Crippen molar-refractivity contribution < 1.29 is 19.1 Å². The third-order valence-corrected chi connectivity index (χ3v) is 4.75. The van der Waals surface area contributed by atoms with Crippen LogP contribution in [-0.4, -0.2) is 25.5 Å². The highest BCUT2D eigenvalue weighted by Crippen LogP contribution is 2.48. The Morgan fingerprint density at radius 1 is 1.48 bits per heavy atom. The van der Waals surface area contributed by atoms with Gasteiger partial charge in [0.15, 0.2) is 5.78 Å². The van der Waals surface area contributed by atoms with E-state index in [0.717, 1.165) is 10.0 Å². The Bertz CT molecular complexity index is 637. The summed E-state index contributed by atoms with van der Waals surface area (Å²) in [4.78, 5) is 24.3. The van der Waals surface area contributed by atoms with Gasteiger partial charge in [-0.3, -0.25) is 9.59 Å². The average molecular weight is 351 g/mol. The Balaban J connectivity index is 2.26. The SMILES string of the molecule is COC(=O)C12C=CC(=O)CC1CCOc1cc(Br)ccc12. The maximum atomic E-state index is 12.6. The van der Waals surface area contributed by atoms with Gasteiger partial charge in [-0.2, -0.15) is 0 Å². The molecule has 1 aliphatic heterocycles. The third kappa shape index (κ3) is 2.20. The van der Waals surface area contributed by atoms with E-state index in [1.54, 1.807) is 6.08 Å². The maximum absolute atomic E-state index is 12.6. The topological polar surface area (TPSA) is 52.6 Å². The number of rotatable bonds is 1. The zero-order chi connectivity index (χ0) is 15.0. The Morgan fingerprint density at radius 2 is 2.29 bits per heavy atom. The van der Waals surface area contributed by atoms with Crippen molar-refractivity contribution in [3.05, 3.63) is 40.4 Å². The molecule has 0 amide bonds. The first-order chi connectivity index (χ1) is 10.1. The quantitative estimate of drug-likeness (QED) is 0.730. The molecule has 3 rings (SSSR count). The number of hydrogen-bond donors (Lipinski definition) is 0. The van der Waals surface area contributed by atoms with Gasteiger partial charge >= 0.3 is 5.97 Å². The monoisotopic (exact) mass is 350 g/mol. The fourth-order valence-electron chi connectivity index (χ4n) is 3.25. The van der Waals surface area contributed by atoms with Crippen molar-refractivity contribution >= 4 is 27.7 Å². The summed E-state index contributed by atoms with van der Waals surface area (Å²) < 4.78 is 11.7. The maximum Gasteiger partial charge on any atom is 0.320 e. The fraction of sp³-hybridized carbons (Fsp3) is 0.375. The Hall–Kier alpha value is -1.62. The molecule has 2 aliphatic rings. The van der Waals surface area contributed by atoms with Crippen LogP contribution in [0.5, 0.6) is 5.75 Å². The van der Waals surface area contributed by atoms with Crippen LogP contribution >= 0.6 is 15.9 Å². The van der Waals surface area contributed by atoms with Gasteiger partial charge in [0.2, 0.25) is 0 Å². The first kappa shape index (κ1) is 14.3. The number of hydrogen-bond acceptors (Lipinski definition) is 4. The van der Waals surface area contributed by atoms with Crippen molar-refractivity contribution in [3.8, 4) is 5.75 Å². The van der Waals surface area contributed by atoms with Gasteiger partial charge in [-0.05, 0) is 30.5 Å². The summed E-state index contributed by atoms with van der Waals surface area (Å²) in [6, 6.07) is 5.60. The Kier molecular flexibility index (Phi) is 3.61. The molecule has 0 saturated heterocycles. The standard InChI is InChI=1S/C16H15BrO4/c1-20-15(19)16-6-4-12(18)8-10(16)5-7-21-14-9-11(17)2-3-13(14)16/h2-4,6,9-10H,5,7-8H2,1H3. The molecular weight excluding hydrogens is 336 g/mol. The van der Waals surface area contributed by atoms with Crippen molar-refractivity contribution in [1.82, 2.24) is 0 Å². The third-order valence-electron chi connectivity index (χ3n) is 4.26. The van der Waals surface area contributed by atoms with Crippen molar-refractivity contribution in [3.63, 3.8) is 0 Å². The Labute approximate surface area is 131 Å². The normalized spacial score (nSPS) is 27.1. The lowest BCUT2D eigenvalue weighted by Gasteiger charge is -2.36. The summed E-state index contributed by atoms with van der Waals surface area (Å²) in [5.74, 6) is 0.228. The minimum absolute atomic E-state index is 0.0417. The lowest BCUT2D eigenvalue weighted by molar-refractivity contribution is -0.148. The predicted molar refractivity (Wildman–Crippen MR) is 80.2 cm³/mol. The largest absolute Gasteiger partial charge is 0.493 e. The lowest BCUT2D eigenvalue weighted by atomic mass is 9.64. The smallest absolute Gasteiger partial charge is 0.320 e. The van der Waals surface area contributed by atoms with Gasteiger partial charge in [0.05, 0.1) is 13.7 Å². The minimum atomic E-state index is -0.935. The molecule has 21 heavy (non-hydrogen) atoms. The summed E-state index contributed by atoms with van der Waals surface area (Å²) in [5.41, 5.74) is -0.168. The molecule has 2 unspecified atom stereocenters. The van der Waals surface area contributed by atoms with Crippen molar-refractivity contribution in [2.45, 2.75) is 18.3 Å². The van der Waals surface area contributed by atoms with Crippen LogP contribution in [0.2, 0.25) is 0 Å². The van der Waals surface area contributed by atoms with E-state index < -0.39 is 5.41 Å². The molecule has 5 heteroatoms. The van der Waals surface area contributed by atoms with Gasteiger partial charge in [0.25, 0.3) is 0 Å². The molecule has 1 heterocycles. The van der Waals surface area contributed by atoms with Crippen LogP contribution in [0.4, 0.5) is 0 Å². The second-order valence-corrected chi connectivity index (χ2v) is 6.25. The van der Waals surface area contributed by atoms with E-state index in [1.165, 1.54) is 13.2 Å². The molecule has 0 bridgehead atoms. The van der Waals surface area contributed by atoms with E-state index in [9.17, 15) is 9.59 Å². The molecule has 0 saturated carbocycles. The average Bonchev–Trinajstić information content (AvgIpc) is 2.63. The molecule has 110 valence electrons. The number of allylic oxidation sites excluding steroid dienone is 1. The van der Waals surface area contributed by atoms with Crippen molar-refractivity contribution in [1.29, 1.82) is 0 Å². The zero-order valence-corrected chi connectivity index (χ0v) is 13.2. The van der Waals surface area contributed by atoms with Crippen LogP contribution in [0.25, 0.3) is 0 Å². The van der Waals surface area contributed by atoms with E-state index >= 15 is 0 Å². The number of ketones is 1. The number of carbonyl (C=O) groups excluding carboxylic acids is 2. The highest BCUT2D eigenvalue weighted by atomic mass is 79.9. The van der Waals surface area contributed by atoms with Gasteiger partial charge in [-0.1, -0.05) is 28.1 Å². The Morgan fingerprint density at radius 3 is 3.05 bits per heavy atom. The number of carbonyl (C=O) groups is 2.